The fourth-order valence-electron chi connectivity index (χ4n) is 7.05. The van der Waals surface area contributed by atoms with Crippen molar-refractivity contribution in [1.29, 1.82) is 0 Å². The molecule has 2 heterocycles. The van der Waals surface area contributed by atoms with Gasteiger partial charge in [-0.1, -0.05) is 103 Å². The van der Waals surface area contributed by atoms with Crippen LogP contribution in [0.5, 0.6) is 0 Å². The topological polar surface area (TPSA) is 25.8 Å². The van der Waals surface area contributed by atoms with Crippen molar-refractivity contribution in [3.63, 3.8) is 0 Å². The first kappa shape index (κ1) is 23.2. The van der Waals surface area contributed by atoms with Gasteiger partial charge in [0.2, 0.25) is 0 Å². The molecule has 0 aliphatic heterocycles. The Morgan fingerprint density at radius 1 is 0.442 bits per heavy atom. The van der Waals surface area contributed by atoms with E-state index in [1.165, 1.54) is 69.0 Å². The molecule has 0 amide bonds. The highest BCUT2D eigenvalue weighted by molar-refractivity contribution is 7.26. The summed E-state index contributed by atoms with van der Waals surface area (Å²) >= 11 is 1.88. The fourth-order valence-corrected chi connectivity index (χ4v) is 8.21. The molecule has 0 saturated heterocycles. The molecule has 198 valence electrons. The summed E-state index contributed by atoms with van der Waals surface area (Å²) in [5.41, 5.74) is 4.51. The van der Waals surface area contributed by atoms with E-state index in [4.69, 9.17) is 9.97 Å². The summed E-state index contributed by atoms with van der Waals surface area (Å²) in [6.45, 7) is 0. The van der Waals surface area contributed by atoms with Crippen LogP contribution in [0, 0.1) is 0 Å². The Kier molecular flexibility index (Phi) is 4.63. The number of hydrogen-bond acceptors (Lipinski definition) is 3. The molecule has 0 radical (unpaired) electrons. The van der Waals surface area contributed by atoms with Crippen molar-refractivity contribution in [1.82, 2.24) is 9.97 Å². The zero-order chi connectivity index (χ0) is 28.1. The SMILES string of the molecule is c1cc2ccc3c(-c4ccc5ccc(-c6ncc7c8ccccc8c8ccccc8c7n6)cc5c4)ccc4sc(c1)c2c43. The van der Waals surface area contributed by atoms with Crippen LogP contribution in [-0.4, -0.2) is 9.97 Å². The molecule has 0 bridgehead atoms. The average Bonchev–Trinajstić information content (AvgIpc) is 3.46. The molecular formula is C40H22N2S. The lowest BCUT2D eigenvalue weighted by Gasteiger charge is -2.12. The van der Waals surface area contributed by atoms with Crippen LogP contribution >= 0.6 is 11.3 Å². The van der Waals surface area contributed by atoms with Gasteiger partial charge < -0.3 is 0 Å². The lowest BCUT2D eigenvalue weighted by molar-refractivity contribution is 1.24. The molecule has 0 atom stereocenters. The normalized spacial score (nSPS) is 12.2. The van der Waals surface area contributed by atoms with Gasteiger partial charge in [0, 0.05) is 42.7 Å². The van der Waals surface area contributed by atoms with Crippen LogP contribution in [-0.2, 0) is 0 Å². The van der Waals surface area contributed by atoms with Gasteiger partial charge >= 0.3 is 0 Å². The van der Waals surface area contributed by atoms with E-state index in [9.17, 15) is 0 Å². The minimum Gasteiger partial charge on any atom is -0.236 e. The molecule has 10 aromatic rings. The molecule has 0 saturated carbocycles. The highest BCUT2D eigenvalue weighted by atomic mass is 32.1. The van der Waals surface area contributed by atoms with Crippen LogP contribution in [0.4, 0.5) is 0 Å². The predicted octanol–water partition coefficient (Wildman–Crippen LogP) is 11.4. The van der Waals surface area contributed by atoms with Crippen LogP contribution in [0.25, 0.3) is 96.7 Å². The molecule has 0 unspecified atom stereocenters. The zero-order valence-electron chi connectivity index (χ0n) is 23.0. The summed E-state index contributed by atoms with van der Waals surface area (Å²) < 4.78 is 2.71. The highest BCUT2D eigenvalue weighted by Crippen LogP contribution is 2.44. The minimum atomic E-state index is 0.747. The summed E-state index contributed by atoms with van der Waals surface area (Å²) in [4.78, 5) is 10.1. The number of rotatable bonds is 2. The standard InChI is InChI=1S/C40H22N2S/c1-2-9-31-29(7-1)30-8-3-4-10-33(30)39-34(31)22-41-40(42-39)26-15-13-23-12-14-25(20-27(23)21-26)28-18-19-36-38-32(28)17-16-24-6-5-11-35(43-36)37(24)38/h1-22H. The second kappa shape index (κ2) is 8.57. The first-order valence-electron chi connectivity index (χ1n) is 14.6. The molecule has 2 aromatic heterocycles. The summed E-state index contributed by atoms with van der Waals surface area (Å²) in [5, 5.41) is 13.7. The van der Waals surface area contributed by atoms with Crippen molar-refractivity contribution in [2.24, 2.45) is 0 Å². The second-order valence-corrected chi connectivity index (χ2v) is 12.5. The Morgan fingerprint density at radius 3 is 2.00 bits per heavy atom. The van der Waals surface area contributed by atoms with Crippen LogP contribution in [0.15, 0.2) is 134 Å². The van der Waals surface area contributed by atoms with Gasteiger partial charge in [-0.05, 0) is 73.1 Å². The van der Waals surface area contributed by atoms with E-state index in [-0.39, 0.29) is 0 Å². The lowest BCUT2D eigenvalue weighted by atomic mass is 9.93. The van der Waals surface area contributed by atoms with Crippen molar-refractivity contribution in [2.45, 2.75) is 0 Å². The predicted molar refractivity (Wildman–Crippen MR) is 185 cm³/mol. The molecule has 2 nitrogen and oxygen atoms in total. The van der Waals surface area contributed by atoms with Crippen LogP contribution in [0.2, 0.25) is 0 Å². The second-order valence-electron chi connectivity index (χ2n) is 11.4. The smallest absolute Gasteiger partial charge is 0.159 e. The minimum absolute atomic E-state index is 0.747. The molecule has 3 heteroatoms. The number of fused-ring (bicyclic) bond motifs is 7. The van der Waals surface area contributed by atoms with Crippen molar-refractivity contribution in [3.05, 3.63) is 134 Å². The van der Waals surface area contributed by atoms with Crippen molar-refractivity contribution in [3.8, 4) is 22.5 Å². The van der Waals surface area contributed by atoms with E-state index in [0.717, 1.165) is 27.7 Å². The number of thiophene rings is 1. The average molecular weight is 563 g/mol. The maximum absolute atomic E-state index is 5.18. The zero-order valence-corrected chi connectivity index (χ0v) is 23.8. The summed E-state index contributed by atoms with van der Waals surface area (Å²) in [5.74, 6) is 0.747. The molecule has 0 spiro atoms. The molecule has 0 aliphatic carbocycles. The Labute approximate surface area is 250 Å². The van der Waals surface area contributed by atoms with Gasteiger partial charge in [0.15, 0.2) is 5.82 Å². The third-order valence-corrected chi connectivity index (χ3v) is 10.2. The van der Waals surface area contributed by atoms with E-state index >= 15 is 0 Å². The molecule has 10 rings (SSSR count). The number of aromatic nitrogens is 2. The molecule has 43 heavy (non-hydrogen) atoms. The Bertz CT molecular complexity index is 2700. The first-order chi connectivity index (χ1) is 21.3. The Morgan fingerprint density at radius 2 is 1.14 bits per heavy atom. The molecular weight excluding hydrogens is 541 g/mol. The number of benzene rings is 8. The fraction of sp³-hybridized carbons (Fsp3) is 0. The number of nitrogens with zero attached hydrogens (tertiary/aromatic N) is 2. The van der Waals surface area contributed by atoms with Gasteiger partial charge in [0.25, 0.3) is 0 Å². The van der Waals surface area contributed by atoms with Crippen LogP contribution in [0.1, 0.15) is 0 Å². The third-order valence-electron chi connectivity index (χ3n) is 9.05. The first-order valence-corrected chi connectivity index (χ1v) is 15.4. The summed E-state index contributed by atoms with van der Waals surface area (Å²) in [6.07, 6.45) is 2.00. The van der Waals surface area contributed by atoms with Gasteiger partial charge in [-0.15, -0.1) is 11.3 Å². The maximum atomic E-state index is 5.18. The van der Waals surface area contributed by atoms with Gasteiger partial charge in [-0.3, -0.25) is 0 Å². The molecule has 0 fully saturated rings. The van der Waals surface area contributed by atoms with Crippen molar-refractivity contribution >= 4 is 85.5 Å². The molecule has 0 aliphatic rings. The van der Waals surface area contributed by atoms with E-state index in [0.29, 0.717) is 0 Å². The summed E-state index contributed by atoms with van der Waals surface area (Å²) in [6, 6.07) is 46.2. The summed E-state index contributed by atoms with van der Waals surface area (Å²) in [7, 11) is 0. The molecule has 8 aromatic carbocycles. The lowest BCUT2D eigenvalue weighted by Crippen LogP contribution is -1.93. The number of hydrogen-bond donors (Lipinski definition) is 0. The van der Waals surface area contributed by atoms with Crippen LogP contribution in [0.3, 0.4) is 0 Å². The van der Waals surface area contributed by atoms with Gasteiger partial charge in [0.05, 0.1) is 5.52 Å². The van der Waals surface area contributed by atoms with Gasteiger partial charge in [-0.25, -0.2) is 9.97 Å². The van der Waals surface area contributed by atoms with Gasteiger partial charge in [0.1, 0.15) is 0 Å². The molecule has 0 N–H and O–H groups in total. The Hall–Kier alpha value is -5.38. The van der Waals surface area contributed by atoms with Gasteiger partial charge in [-0.2, -0.15) is 0 Å². The van der Waals surface area contributed by atoms with Crippen LogP contribution < -0.4 is 0 Å². The van der Waals surface area contributed by atoms with Crippen molar-refractivity contribution in [2.75, 3.05) is 0 Å². The Balaban J connectivity index is 1.16. The third kappa shape index (κ3) is 3.28. The van der Waals surface area contributed by atoms with E-state index in [2.05, 4.69) is 127 Å². The van der Waals surface area contributed by atoms with E-state index in [1.54, 1.807) is 0 Å². The largest absolute Gasteiger partial charge is 0.236 e. The maximum Gasteiger partial charge on any atom is 0.159 e. The van der Waals surface area contributed by atoms with E-state index in [1.807, 2.05) is 17.5 Å². The quantitative estimate of drug-likeness (QED) is 0.196. The van der Waals surface area contributed by atoms with E-state index < -0.39 is 0 Å². The monoisotopic (exact) mass is 562 g/mol. The highest BCUT2D eigenvalue weighted by Gasteiger charge is 2.15. The van der Waals surface area contributed by atoms with Crippen molar-refractivity contribution < 1.29 is 0 Å².